The second kappa shape index (κ2) is 8.41. The Bertz CT molecular complexity index is 1080. The van der Waals surface area contributed by atoms with E-state index < -0.39 is 0 Å². The number of hydrogen-bond donors (Lipinski definition) is 2. The molecule has 3 amide bonds. The van der Waals surface area contributed by atoms with E-state index in [4.69, 9.17) is 4.98 Å². The van der Waals surface area contributed by atoms with Gasteiger partial charge in [-0.05, 0) is 55.5 Å². The van der Waals surface area contributed by atoms with Crippen LogP contribution in [0.4, 0.5) is 10.5 Å². The third-order valence-electron chi connectivity index (χ3n) is 6.21. The van der Waals surface area contributed by atoms with Gasteiger partial charge in [-0.1, -0.05) is 24.3 Å². The number of imidazole rings is 1. The van der Waals surface area contributed by atoms with Gasteiger partial charge >= 0.3 is 6.03 Å². The second-order valence-corrected chi connectivity index (χ2v) is 8.39. The minimum absolute atomic E-state index is 0.0541. The molecular formula is C24H27N5O2. The third-order valence-corrected chi connectivity index (χ3v) is 6.21. The summed E-state index contributed by atoms with van der Waals surface area (Å²) in [7, 11) is 0. The molecule has 7 nitrogen and oxygen atoms in total. The third kappa shape index (κ3) is 4.13. The van der Waals surface area contributed by atoms with Gasteiger partial charge in [-0.25, -0.2) is 9.78 Å². The van der Waals surface area contributed by atoms with Crippen LogP contribution < -0.4 is 5.32 Å². The van der Waals surface area contributed by atoms with Crippen molar-refractivity contribution in [3.8, 4) is 0 Å². The van der Waals surface area contributed by atoms with Gasteiger partial charge in [0.25, 0.3) is 0 Å². The molecule has 1 unspecified atom stereocenters. The normalized spacial score (nSPS) is 19.2. The van der Waals surface area contributed by atoms with Gasteiger partial charge in [0.1, 0.15) is 5.82 Å². The van der Waals surface area contributed by atoms with Crippen molar-refractivity contribution < 1.29 is 9.59 Å². The van der Waals surface area contributed by atoms with Crippen LogP contribution >= 0.6 is 0 Å². The predicted molar refractivity (Wildman–Crippen MR) is 120 cm³/mol. The van der Waals surface area contributed by atoms with Gasteiger partial charge < -0.3 is 20.1 Å². The second-order valence-electron chi connectivity index (χ2n) is 8.39. The first-order valence-corrected chi connectivity index (χ1v) is 11.1. The van der Waals surface area contributed by atoms with E-state index in [1.807, 2.05) is 58.3 Å². The van der Waals surface area contributed by atoms with Gasteiger partial charge in [0.15, 0.2) is 0 Å². The van der Waals surface area contributed by atoms with Crippen molar-refractivity contribution in [2.24, 2.45) is 0 Å². The molecule has 2 aromatic carbocycles. The van der Waals surface area contributed by atoms with Crippen LogP contribution in [0.1, 0.15) is 49.5 Å². The number of piperidine rings is 1. The van der Waals surface area contributed by atoms with Crippen LogP contribution in [0, 0.1) is 0 Å². The maximum atomic E-state index is 13.1. The lowest BCUT2D eigenvalue weighted by molar-refractivity contribution is -0.133. The quantitative estimate of drug-likeness (QED) is 0.658. The van der Waals surface area contributed by atoms with E-state index in [0.29, 0.717) is 19.5 Å². The maximum Gasteiger partial charge on any atom is 0.322 e. The van der Waals surface area contributed by atoms with E-state index in [1.165, 1.54) is 0 Å². The van der Waals surface area contributed by atoms with E-state index in [1.54, 1.807) is 0 Å². The Morgan fingerprint density at radius 3 is 2.87 bits per heavy atom. The largest absolute Gasteiger partial charge is 0.340 e. The van der Waals surface area contributed by atoms with E-state index in [0.717, 1.165) is 60.3 Å². The zero-order chi connectivity index (χ0) is 21.2. The number of fused-ring (bicyclic) bond motifs is 1. The number of likely N-dealkylation sites (tertiary alicyclic amines) is 2. The molecular weight excluding hydrogens is 390 g/mol. The van der Waals surface area contributed by atoms with E-state index in [9.17, 15) is 9.59 Å². The van der Waals surface area contributed by atoms with Crippen molar-refractivity contribution in [3.05, 3.63) is 59.9 Å². The topological polar surface area (TPSA) is 81.3 Å². The summed E-state index contributed by atoms with van der Waals surface area (Å²) in [6.07, 6.45) is 4.51. The molecule has 5 rings (SSSR count). The fraction of sp³-hybridized carbons (Fsp3) is 0.375. The Morgan fingerprint density at radius 2 is 2.00 bits per heavy atom. The summed E-state index contributed by atoms with van der Waals surface area (Å²) in [5, 5.41) is 3.05. The lowest BCUT2D eigenvalue weighted by atomic mass is 10.1. The van der Waals surface area contributed by atoms with Gasteiger partial charge in [0.05, 0.1) is 17.1 Å². The van der Waals surface area contributed by atoms with Crippen LogP contribution in [0.25, 0.3) is 11.0 Å². The number of aromatic amines is 1. The first-order valence-electron chi connectivity index (χ1n) is 11.1. The predicted octanol–water partition coefficient (Wildman–Crippen LogP) is 4.44. The molecule has 0 aliphatic carbocycles. The van der Waals surface area contributed by atoms with E-state index in [2.05, 4.69) is 10.3 Å². The molecule has 3 heterocycles. The molecule has 7 heteroatoms. The fourth-order valence-corrected chi connectivity index (χ4v) is 4.62. The number of carbonyl (C=O) groups excluding carboxylic acids is 2. The Labute approximate surface area is 181 Å². The molecule has 160 valence electrons. The number of rotatable bonds is 4. The number of nitrogens with zero attached hydrogens (tertiary/aromatic N) is 3. The molecule has 2 N–H and O–H groups in total. The average molecular weight is 418 g/mol. The number of carbonyl (C=O) groups is 2. The van der Waals surface area contributed by atoms with Gasteiger partial charge in [-0.2, -0.15) is 0 Å². The van der Waals surface area contributed by atoms with Crippen LogP contribution in [-0.2, 0) is 11.3 Å². The Hall–Kier alpha value is -3.35. The standard InChI is InChI=1S/C24H27N5O2/c30-22-12-3-4-13-28(22)16-17-7-5-8-18(15-17)25-24(31)29-14-6-11-21(29)23-26-19-9-1-2-10-20(19)27-23/h1-2,5,7-10,15,21H,3-4,6,11-14,16H2,(H,25,31)(H,26,27). The minimum atomic E-state index is -0.117. The van der Waals surface area contributed by atoms with E-state index in [-0.39, 0.29) is 18.0 Å². The highest BCUT2D eigenvalue weighted by Gasteiger charge is 2.32. The van der Waals surface area contributed by atoms with Gasteiger partial charge in [-0.3, -0.25) is 4.79 Å². The first kappa shape index (κ1) is 19.6. The van der Waals surface area contributed by atoms with Crippen LogP contribution in [0.5, 0.6) is 0 Å². The number of anilines is 1. The maximum absolute atomic E-state index is 13.1. The highest BCUT2D eigenvalue weighted by molar-refractivity contribution is 5.90. The lowest BCUT2D eigenvalue weighted by Gasteiger charge is -2.27. The minimum Gasteiger partial charge on any atom is -0.340 e. The summed E-state index contributed by atoms with van der Waals surface area (Å²) in [5.74, 6) is 1.05. The molecule has 2 aliphatic heterocycles. The van der Waals surface area contributed by atoms with Crippen molar-refractivity contribution in [1.29, 1.82) is 0 Å². The monoisotopic (exact) mass is 417 g/mol. The molecule has 31 heavy (non-hydrogen) atoms. The molecule has 2 saturated heterocycles. The number of para-hydroxylation sites is 2. The summed E-state index contributed by atoms with van der Waals surface area (Å²) in [6.45, 7) is 2.10. The van der Waals surface area contributed by atoms with Crippen molar-refractivity contribution in [2.45, 2.75) is 44.7 Å². The zero-order valence-electron chi connectivity index (χ0n) is 17.5. The number of benzene rings is 2. The fourth-order valence-electron chi connectivity index (χ4n) is 4.62. The van der Waals surface area contributed by atoms with E-state index >= 15 is 0 Å². The van der Waals surface area contributed by atoms with Crippen molar-refractivity contribution in [3.63, 3.8) is 0 Å². The highest BCUT2D eigenvalue weighted by Crippen LogP contribution is 2.32. The molecule has 2 aliphatic rings. The van der Waals surface area contributed by atoms with Gasteiger partial charge in [-0.15, -0.1) is 0 Å². The SMILES string of the molecule is O=C1CCCCN1Cc1cccc(NC(=O)N2CCCC2c2nc3ccccc3[nH]2)c1. The highest BCUT2D eigenvalue weighted by atomic mass is 16.2. The van der Waals surface area contributed by atoms with Crippen molar-refractivity contribution in [2.75, 3.05) is 18.4 Å². The molecule has 0 bridgehead atoms. The smallest absolute Gasteiger partial charge is 0.322 e. The average Bonchev–Trinajstić information content (AvgIpc) is 3.42. The molecule has 2 fully saturated rings. The molecule has 1 aromatic heterocycles. The van der Waals surface area contributed by atoms with Crippen molar-refractivity contribution >= 4 is 28.7 Å². The molecule has 1 atom stereocenters. The molecule has 0 spiro atoms. The van der Waals surface area contributed by atoms with Crippen LogP contribution in [-0.4, -0.2) is 44.8 Å². The molecule has 3 aromatic rings. The molecule has 0 radical (unpaired) electrons. The summed E-state index contributed by atoms with van der Waals surface area (Å²) in [5.41, 5.74) is 3.69. The van der Waals surface area contributed by atoms with Gasteiger partial charge in [0, 0.05) is 31.7 Å². The van der Waals surface area contributed by atoms with Crippen LogP contribution in [0.3, 0.4) is 0 Å². The first-order chi connectivity index (χ1) is 15.2. The number of amides is 3. The number of urea groups is 1. The Kier molecular flexibility index (Phi) is 5.32. The number of aromatic nitrogens is 2. The summed E-state index contributed by atoms with van der Waals surface area (Å²) in [4.78, 5) is 37.0. The van der Waals surface area contributed by atoms with Crippen LogP contribution in [0.2, 0.25) is 0 Å². The van der Waals surface area contributed by atoms with Gasteiger partial charge in [0.2, 0.25) is 5.91 Å². The number of nitrogens with one attached hydrogen (secondary N) is 2. The molecule has 0 saturated carbocycles. The zero-order valence-corrected chi connectivity index (χ0v) is 17.5. The summed E-state index contributed by atoms with van der Waals surface area (Å²) < 4.78 is 0. The number of hydrogen-bond acceptors (Lipinski definition) is 3. The summed E-state index contributed by atoms with van der Waals surface area (Å²) >= 11 is 0. The Balaban J connectivity index is 1.28. The summed E-state index contributed by atoms with van der Waals surface area (Å²) in [6, 6.07) is 15.6. The Morgan fingerprint density at radius 1 is 1.10 bits per heavy atom. The van der Waals surface area contributed by atoms with Crippen molar-refractivity contribution in [1.82, 2.24) is 19.8 Å². The lowest BCUT2D eigenvalue weighted by Crippen LogP contribution is -2.35. The number of H-pyrrole nitrogens is 1. The van der Waals surface area contributed by atoms with Crippen LogP contribution in [0.15, 0.2) is 48.5 Å².